The van der Waals surface area contributed by atoms with Crippen molar-refractivity contribution in [1.82, 2.24) is 20.1 Å². The molecule has 0 aliphatic carbocycles. The Bertz CT molecular complexity index is 1210. The van der Waals surface area contributed by atoms with Crippen LogP contribution in [0.1, 0.15) is 0 Å². The van der Waals surface area contributed by atoms with E-state index in [1.165, 1.54) is 12.1 Å². The number of amides is 1. The molecule has 33 heavy (non-hydrogen) atoms. The van der Waals surface area contributed by atoms with Crippen molar-refractivity contribution in [3.05, 3.63) is 85.1 Å². The van der Waals surface area contributed by atoms with Crippen molar-refractivity contribution in [2.24, 2.45) is 0 Å². The summed E-state index contributed by atoms with van der Waals surface area (Å²) in [6.45, 7) is 0.705. The molecule has 1 N–H and O–H groups in total. The maximum Gasteiger partial charge on any atom is 0.258 e. The summed E-state index contributed by atoms with van der Waals surface area (Å²) >= 11 is 0. The Hall–Kier alpha value is -4.20. The SMILES string of the molecule is COc1ccccc1OCC(=O)NCCn1cc(-c2ccncc2)c(-c2ccc(F)cc2)n1. The zero-order valence-electron chi connectivity index (χ0n) is 18.1. The molecule has 0 aliphatic heterocycles. The number of ether oxygens (including phenoxy) is 2. The minimum atomic E-state index is -0.304. The number of nitrogens with zero attached hydrogens (tertiary/aromatic N) is 3. The number of para-hydroxylation sites is 2. The molecule has 0 saturated heterocycles. The largest absolute Gasteiger partial charge is 0.493 e. The van der Waals surface area contributed by atoms with Crippen molar-refractivity contribution in [3.63, 3.8) is 0 Å². The van der Waals surface area contributed by atoms with Gasteiger partial charge in [-0.15, -0.1) is 0 Å². The molecule has 4 aromatic rings. The van der Waals surface area contributed by atoms with E-state index in [1.807, 2.05) is 30.5 Å². The third-order valence-electron chi connectivity index (χ3n) is 4.96. The zero-order chi connectivity index (χ0) is 23.0. The number of pyridine rings is 1. The van der Waals surface area contributed by atoms with E-state index in [4.69, 9.17) is 9.47 Å². The predicted octanol–water partition coefficient (Wildman–Crippen LogP) is 3.96. The molecule has 8 heteroatoms. The molecule has 0 atom stereocenters. The molecule has 7 nitrogen and oxygen atoms in total. The van der Waals surface area contributed by atoms with Gasteiger partial charge >= 0.3 is 0 Å². The number of hydrogen-bond donors (Lipinski definition) is 1. The number of nitrogens with one attached hydrogen (secondary N) is 1. The Labute approximate surface area is 190 Å². The second-order valence-electron chi connectivity index (χ2n) is 7.19. The summed E-state index contributed by atoms with van der Waals surface area (Å²) in [5.74, 6) is 0.523. The summed E-state index contributed by atoms with van der Waals surface area (Å²) in [5, 5.41) is 7.50. The van der Waals surface area contributed by atoms with Crippen LogP contribution in [0.4, 0.5) is 4.39 Å². The summed E-state index contributed by atoms with van der Waals surface area (Å²) in [5.41, 5.74) is 3.38. The smallest absolute Gasteiger partial charge is 0.258 e. The summed E-state index contributed by atoms with van der Waals surface area (Å²) < 4.78 is 25.9. The first-order valence-corrected chi connectivity index (χ1v) is 10.4. The lowest BCUT2D eigenvalue weighted by atomic mass is 10.0. The maximum absolute atomic E-state index is 13.4. The lowest BCUT2D eigenvalue weighted by Crippen LogP contribution is -2.31. The third kappa shape index (κ3) is 5.54. The first-order valence-electron chi connectivity index (χ1n) is 10.4. The minimum Gasteiger partial charge on any atom is -0.493 e. The van der Waals surface area contributed by atoms with Gasteiger partial charge in [0.25, 0.3) is 5.91 Å². The van der Waals surface area contributed by atoms with E-state index in [2.05, 4.69) is 15.4 Å². The molecule has 0 fully saturated rings. The number of hydrogen-bond acceptors (Lipinski definition) is 5. The monoisotopic (exact) mass is 446 g/mol. The van der Waals surface area contributed by atoms with Gasteiger partial charge in [-0.3, -0.25) is 14.5 Å². The van der Waals surface area contributed by atoms with Gasteiger partial charge in [-0.1, -0.05) is 12.1 Å². The van der Waals surface area contributed by atoms with E-state index in [0.717, 1.165) is 22.4 Å². The van der Waals surface area contributed by atoms with Gasteiger partial charge in [-0.05, 0) is 54.1 Å². The molecule has 2 heterocycles. The minimum absolute atomic E-state index is 0.122. The number of benzene rings is 2. The Balaban J connectivity index is 1.41. The average Bonchev–Trinajstić information content (AvgIpc) is 3.28. The van der Waals surface area contributed by atoms with Gasteiger partial charge in [0.15, 0.2) is 18.1 Å². The van der Waals surface area contributed by atoms with Crippen LogP contribution in [0, 0.1) is 5.82 Å². The molecule has 1 amide bonds. The van der Waals surface area contributed by atoms with Crippen molar-refractivity contribution in [2.75, 3.05) is 20.3 Å². The van der Waals surface area contributed by atoms with E-state index >= 15 is 0 Å². The van der Waals surface area contributed by atoms with Gasteiger partial charge in [0.05, 0.1) is 13.7 Å². The second kappa shape index (κ2) is 10.4. The van der Waals surface area contributed by atoms with Gasteiger partial charge < -0.3 is 14.8 Å². The van der Waals surface area contributed by atoms with Crippen LogP contribution in [-0.2, 0) is 11.3 Å². The van der Waals surface area contributed by atoms with Gasteiger partial charge in [0.1, 0.15) is 11.5 Å². The first kappa shape index (κ1) is 22.0. The molecule has 168 valence electrons. The lowest BCUT2D eigenvalue weighted by Gasteiger charge is -2.10. The molecule has 0 aliphatic rings. The van der Waals surface area contributed by atoms with Crippen LogP contribution in [0.3, 0.4) is 0 Å². The summed E-state index contributed by atoms with van der Waals surface area (Å²) in [4.78, 5) is 16.3. The van der Waals surface area contributed by atoms with Crippen LogP contribution in [0.15, 0.2) is 79.3 Å². The molecule has 4 rings (SSSR count). The molecule has 0 spiro atoms. The van der Waals surface area contributed by atoms with Crippen LogP contribution < -0.4 is 14.8 Å². The van der Waals surface area contributed by atoms with Crippen molar-refractivity contribution >= 4 is 5.91 Å². The topological polar surface area (TPSA) is 78.3 Å². The summed E-state index contributed by atoms with van der Waals surface area (Å²) in [7, 11) is 1.55. The first-order chi connectivity index (χ1) is 16.1. The van der Waals surface area contributed by atoms with Gasteiger partial charge in [0, 0.05) is 36.3 Å². The van der Waals surface area contributed by atoms with Crippen molar-refractivity contribution in [2.45, 2.75) is 6.54 Å². The molecular weight excluding hydrogens is 423 g/mol. The van der Waals surface area contributed by atoms with E-state index in [0.29, 0.717) is 24.6 Å². The molecule has 0 radical (unpaired) electrons. The highest BCUT2D eigenvalue weighted by Crippen LogP contribution is 2.31. The van der Waals surface area contributed by atoms with Crippen LogP contribution in [0.25, 0.3) is 22.4 Å². The van der Waals surface area contributed by atoms with E-state index in [1.54, 1.807) is 48.5 Å². The predicted molar refractivity (Wildman–Crippen MR) is 122 cm³/mol. The van der Waals surface area contributed by atoms with Crippen molar-refractivity contribution in [1.29, 1.82) is 0 Å². The fourth-order valence-electron chi connectivity index (χ4n) is 3.34. The normalized spacial score (nSPS) is 10.6. The highest BCUT2D eigenvalue weighted by atomic mass is 19.1. The fourth-order valence-corrected chi connectivity index (χ4v) is 3.34. The highest BCUT2D eigenvalue weighted by Gasteiger charge is 2.14. The number of methoxy groups -OCH3 is 1. The number of carbonyl (C=O) groups is 1. The standard InChI is InChI=1S/C25H23FN4O3/c1-32-22-4-2-3-5-23(22)33-17-24(31)28-14-15-30-16-21(18-10-12-27-13-11-18)25(29-30)19-6-8-20(26)9-7-19/h2-13,16H,14-15,17H2,1H3,(H,28,31). The zero-order valence-corrected chi connectivity index (χ0v) is 18.1. The highest BCUT2D eigenvalue weighted by molar-refractivity contribution is 5.80. The molecule has 2 aromatic heterocycles. The van der Waals surface area contributed by atoms with Crippen LogP contribution >= 0.6 is 0 Å². The van der Waals surface area contributed by atoms with E-state index in [-0.39, 0.29) is 18.3 Å². The summed E-state index contributed by atoms with van der Waals surface area (Å²) in [6, 6.07) is 17.2. The Morgan fingerprint density at radius 1 is 1.00 bits per heavy atom. The number of halogens is 1. The van der Waals surface area contributed by atoms with Gasteiger partial charge in [0.2, 0.25) is 0 Å². The molecule has 0 unspecified atom stereocenters. The van der Waals surface area contributed by atoms with Gasteiger partial charge in [-0.25, -0.2) is 4.39 Å². The quantitative estimate of drug-likeness (QED) is 0.421. The van der Waals surface area contributed by atoms with Crippen LogP contribution in [0.5, 0.6) is 11.5 Å². The fraction of sp³-hybridized carbons (Fsp3) is 0.160. The lowest BCUT2D eigenvalue weighted by molar-refractivity contribution is -0.123. The number of aromatic nitrogens is 3. The van der Waals surface area contributed by atoms with E-state index in [9.17, 15) is 9.18 Å². The average molecular weight is 446 g/mol. The van der Waals surface area contributed by atoms with Crippen molar-refractivity contribution < 1.29 is 18.7 Å². The molecule has 0 bridgehead atoms. The van der Waals surface area contributed by atoms with Crippen molar-refractivity contribution in [3.8, 4) is 33.9 Å². The summed E-state index contributed by atoms with van der Waals surface area (Å²) in [6.07, 6.45) is 5.33. The van der Waals surface area contributed by atoms with E-state index < -0.39 is 0 Å². The Kier molecular flexibility index (Phi) is 6.94. The Morgan fingerprint density at radius 2 is 1.73 bits per heavy atom. The molecular formula is C25H23FN4O3. The second-order valence-corrected chi connectivity index (χ2v) is 7.19. The third-order valence-corrected chi connectivity index (χ3v) is 4.96. The Morgan fingerprint density at radius 3 is 2.45 bits per heavy atom. The molecule has 0 saturated carbocycles. The number of carbonyl (C=O) groups excluding carboxylic acids is 1. The number of rotatable bonds is 9. The van der Waals surface area contributed by atoms with Gasteiger partial charge in [-0.2, -0.15) is 5.10 Å². The van der Waals surface area contributed by atoms with Crippen LogP contribution in [-0.4, -0.2) is 40.9 Å². The molecule has 2 aromatic carbocycles. The maximum atomic E-state index is 13.4. The van der Waals surface area contributed by atoms with Crippen LogP contribution in [0.2, 0.25) is 0 Å².